The summed E-state index contributed by atoms with van der Waals surface area (Å²) in [5.41, 5.74) is 1.08. The van der Waals surface area contributed by atoms with E-state index in [1.54, 1.807) is 0 Å². The molecule has 0 radical (unpaired) electrons. The van der Waals surface area contributed by atoms with Crippen molar-refractivity contribution in [2.24, 2.45) is 4.99 Å². The number of hydrogen-bond donors (Lipinski definition) is 1. The number of hydrogen-bond acceptors (Lipinski definition) is 3. The molecule has 1 heterocycles. The number of piperazine rings is 1. The maximum atomic E-state index is 13.0. The lowest BCUT2D eigenvalue weighted by Crippen LogP contribution is -2.54. The summed E-state index contributed by atoms with van der Waals surface area (Å²) in [4.78, 5) is 8.99. The maximum Gasteiger partial charge on any atom is 0.193 e. The third kappa shape index (κ3) is 5.03. The van der Waals surface area contributed by atoms with E-state index in [4.69, 9.17) is 0 Å². The number of nitrogens with zero attached hydrogens (tertiary/aromatic N) is 3. The molecule has 128 valence electrons. The summed E-state index contributed by atoms with van der Waals surface area (Å²) < 4.78 is 13.2. The van der Waals surface area contributed by atoms with Crippen molar-refractivity contribution in [3.05, 3.63) is 30.1 Å². The fourth-order valence-corrected chi connectivity index (χ4v) is 2.74. The number of anilines is 1. The topological polar surface area (TPSA) is 30.9 Å². The van der Waals surface area contributed by atoms with Crippen LogP contribution in [0.2, 0.25) is 0 Å². The molecule has 1 aromatic carbocycles. The highest BCUT2D eigenvalue weighted by Gasteiger charge is 2.22. The zero-order valence-electron chi connectivity index (χ0n) is 14.5. The minimum Gasteiger partial charge on any atom is -0.368 e. The molecule has 1 saturated heterocycles. The van der Waals surface area contributed by atoms with Crippen LogP contribution in [0.25, 0.3) is 0 Å². The van der Waals surface area contributed by atoms with Gasteiger partial charge in [0.15, 0.2) is 5.96 Å². The van der Waals surface area contributed by atoms with E-state index in [2.05, 4.69) is 40.2 Å². The molecule has 0 unspecified atom stereocenters. The van der Waals surface area contributed by atoms with Crippen LogP contribution in [0.5, 0.6) is 0 Å². The minimum absolute atomic E-state index is 0.186. The molecule has 0 saturated carbocycles. The molecule has 1 aromatic rings. The van der Waals surface area contributed by atoms with Gasteiger partial charge in [-0.3, -0.25) is 4.99 Å². The Morgan fingerprint density at radius 2 is 1.83 bits per heavy atom. The molecule has 1 fully saturated rings. The van der Waals surface area contributed by atoms with Gasteiger partial charge in [0, 0.05) is 50.2 Å². The molecule has 0 aromatic heterocycles. The van der Waals surface area contributed by atoms with Crippen molar-refractivity contribution in [2.75, 3.05) is 50.9 Å². The van der Waals surface area contributed by atoms with Gasteiger partial charge in [-0.1, -0.05) is 0 Å². The minimum atomic E-state index is -0.187. The summed E-state index contributed by atoms with van der Waals surface area (Å²) in [7, 11) is 1.83. The molecule has 1 aliphatic heterocycles. The highest BCUT2D eigenvalue weighted by Crippen LogP contribution is 2.20. The Hall–Kier alpha value is -1.43. The van der Waals surface area contributed by atoms with Crippen LogP contribution in [0.15, 0.2) is 29.3 Å². The number of rotatable bonds is 4. The molecule has 0 atom stereocenters. The first-order valence-corrected chi connectivity index (χ1v) is 9.19. The van der Waals surface area contributed by atoms with Gasteiger partial charge in [0.2, 0.25) is 0 Å². The van der Waals surface area contributed by atoms with E-state index in [1.807, 2.05) is 30.9 Å². The van der Waals surface area contributed by atoms with Crippen LogP contribution >= 0.6 is 11.8 Å². The Labute approximate surface area is 143 Å². The Bertz CT molecular complexity index is 522. The summed E-state index contributed by atoms with van der Waals surface area (Å²) in [6, 6.07) is 6.73. The van der Waals surface area contributed by atoms with Crippen LogP contribution in [-0.2, 0) is 0 Å². The first-order chi connectivity index (χ1) is 10.9. The lowest BCUT2D eigenvalue weighted by atomic mass is 10.2. The van der Waals surface area contributed by atoms with Crippen molar-refractivity contribution in [3.8, 4) is 0 Å². The summed E-state index contributed by atoms with van der Waals surface area (Å²) >= 11 is 1.85. The molecular weight excluding hydrogens is 311 g/mol. The largest absolute Gasteiger partial charge is 0.368 e. The van der Waals surface area contributed by atoms with Crippen LogP contribution in [0.4, 0.5) is 10.1 Å². The third-order valence-corrected chi connectivity index (χ3v) is 5.46. The molecule has 1 N–H and O–H groups in total. The molecular formula is C17H27FN4S. The normalized spacial score (nSPS) is 16.7. The molecule has 23 heavy (non-hydrogen) atoms. The van der Waals surface area contributed by atoms with Gasteiger partial charge in [0.05, 0.1) is 0 Å². The highest BCUT2D eigenvalue weighted by molar-refractivity contribution is 7.99. The van der Waals surface area contributed by atoms with E-state index in [9.17, 15) is 4.39 Å². The SMILES string of the molecule is CN=C(NCC(C)(C)SC)N1CCN(c2ccc(F)cc2)CC1. The summed E-state index contributed by atoms with van der Waals surface area (Å²) in [6.45, 7) is 9.00. The Balaban J connectivity index is 1.88. The molecule has 0 bridgehead atoms. The first-order valence-electron chi connectivity index (χ1n) is 7.96. The predicted molar refractivity (Wildman–Crippen MR) is 99.1 cm³/mol. The van der Waals surface area contributed by atoms with Crippen LogP contribution in [0.1, 0.15) is 13.8 Å². The molecule has 6 heteroatoms. The molecule has 4 nitrogen and oxygen atoms in total. The van der Waals surface area contributed by atoms with Crippen molar-refractivity contribution in [1.82, 2.24) is 10.2 Å². The second-order valence-corrected chi connectivity index (χ2v) is 7.83. The van der Waals surface area contributed by atoms with E-state index < -0.39 is 0 Å². The van der Waals surface area contributed by atoms with Gasteiger partial charge < -0.3 is 15.1 Å². The van der Waals surface area contributed by atoms with Gasteiger partial charge in [0.1, 0.15) is 5.82 Å². The number of benzene rings is 1. The zero-order chi connectivity index (χ0) is 16.9. The number of aliphatic imine (C=N–C) groups is 1. The fourth-order valence-electron chi connectivity index (χ4n) is 2.52. The van der Waals surface area contributed by atoms with Gasteiger partial charge in [-0.05, 0) is 44.4 Å². The Morgan fingerprint density at radius 1 is 1.22 bits per heavy atom. The van der Waals surface area contributed by atoms with Gasteiger partial charge in [-0.2, -0.15) is 11.8 Å². The number of thioether (sulfide) groups is 1. The Morgan fingerprint density at radius 3 is 2.35 bits per heavy atom. The second-order valence-electron chi connectivity index (χ2n) is 6.32. The van der Waals surface area contributed by atoms with E-state index in [0.29, 0.717) is 0 Å². The van der Waals surface area contributed by atoms with Crippen molar-refractivity contribution in [3.63, 3.8) is 0 Å². The molecule has 0 spiro atoms. The van der Waals surface area contributed by atoms with Gasteiger partial charge in [-0.25, -0.2) is 4.39 Å². The molecule has 2 rings (SSSR count). The third-order valence-electron chi connectivity index (χ3n) is 4.21. The van der Waals surface area contributed by atoms with Gasteiger partial charge >= 0.3 is 0 Å². The smallest absolute Gasteiger partial charge is 0.193 e. The fraction of sp³-hybridized carbons (Fsp3) is 0.588. The van der Waals surface area contributed by atoms with Crippen molar-refractivity contribution >= 4 is 23.4 Å². The Kier molecular flexibility index (Phi) is 6.16. The van der Waals surface area contributed by atoms with Crippen LogP contribution in [-0.4, -0.2) is 61.6 Å². The number of guanidine groups is 1. The monoisotopic (exact) mass is 338 g/mol. The van der Waals surface area contributed by atoms with Crippen LogP contribution < -0.4 is 10.2 Å². The highest BCUT2D eigenvalue weighted by atomic mass is 32.2. The lowest BCUT2D eigenvalue weighted by Gasteiger charge is -2.38. The number of nitrogens with one attached hydrogen (secondary N) is 1. The molecule has 1 aliphatic rings. The van der Waals surface area contributed by atoms with Crippen LogP contribution in [0.3, 0.4) is 0 Å². The van der Waals surface area contributed by atoms with Gasteiger partial charge in [-0.15, -0.1) is 0 Å². The second kappa shape index (κ2) is 7.90. The summed E-state index contributed by atoms with van der Waals surface area (Å²) in [5, 5.41) is 3.48. The van der Waals surface area contributed by atoms with Crippen molar-refractivity contribution in [1.29, 1.82) is 0 Å². The number of halogens is 1. The van der Waals surface area contributed by atoms with E-state index in [1.165, 1.54) is 12.1 Å². The quantitative estimate of drug-likeness (QED) is 0.675. The summed E-state index contributed by atoms with van der Waals surface area (Å²) in [6.07, 6.45) is 2.13. The first kappa shape index (κ1) is 17.9. The molecule has 0 amide bonds. The van der Waals surface area contributed by atoms with Crippen molar-refractivity contribution in [2.45, 2.75) is 18.6 Å². The zero-order valence-corrected chi connectivity index (χ0v) is 15.3. The predicted octanol–water partition coefficient (Wildman–Crippen LogP) is 2.66. The van der Waals surface area contributed by atoms with E-state index in [-0.39, 0.29) is 10.6 Å². The lowest BCUT2D eigenvalue weighted by molar-refractivity contribution is 0.371. The summed E-state index contributed by atoms with van der Waals surface area (Å²) in [5.74, 6) is 0.777. The van der Waals surface area contributed by atoms with Crippen molar-refractivity contribution < 1.29 is 4.39 Å². The van der Waals surface area contributed by atoms with E-state index in [0.717, 1.165) is 44.4 Å². The average molecular weight is 338 g/mol. The standard InChI is InChI=1S/C17H27FN4S/c1-17(2,23-4)13-20-16(19-3)22-11-9-21(10-12-22)15-7-5-14(18)6-8-15/h5-8H,9-13H2,1-4H3,(H,19,20). The average Bonchev–Trinajstić information content (AvgIpc) is 2.57. The van der Waals surface area contributed by atoms with Gasteiger partial charge in [0.25, 0.3) is 0 Å². The molecule has 0 aliphatic carbocycles. The maximum absolute atomic E-state index is 13.0. The van der Waals surface area contributed by atoms with Crippen LogP contribution in [0, 0.1) is 5.82 Å². The van der Waals surface area contributed by atoms with E-state index >= 15 is 0 Å².